The second-order valence-electron chi connectivity index (χ2n) is 5.01. The summed E-state index contributed by atoms with van der Waals surface area (Å²) in [5, 5.41) is 12.9. The summed E-state index contributed by atoms with van der Waals surface area (Å²) >= 11 is 1.77. The van der Waals surface area contributed by atoms with Crippen molar-refractivity contribution in [2.24, 2.45) is 7.05 Å². The van der Waals surface area contributed by atoms with E-state index >= 15 is 0 Å². The van der Waals surface area contributed by atoms with Crippen molar-refractivity contribution >= 4 is 17.4 Å². The Labute approximate surface area is 121 Å². The number of fused-ring (bicyclic) bond motifs is 1. The number of amides is 2. The Morgan fingerprint density at radius 1 is 1.55 bits per heavy atom. The van der Waals surface area contributed by atoms with E-state index < -0.39 is 0 Å². The molecule has 0 saturated carbocycles. The number of thiophene rings is 1. The van der Waals surface area contributed by atoms with E-state index in [4.69, 9.17) is 0 Å². The molecule has 1 aliphatic heterocycles. The van der Waals surface area contributed by atoms with Gasteiger partial charge in [0.05, 0.1) is 6.04 Å². The summed E-state index contributed by atoms with van der Waals surface area (Å²) in [4.78, 5) is 15.6. The van der Waals surface area contributed by atoms with Gasteiger partial charge in [0.15, 0.2) is 5.82 Å². The molecule has 2 aromatic heterocycles. The summed E-state index contributed by atoms with van der Waals surface area (Å²) < 4.78 is 1.82. The van der Waals surface area contributed by atoms with Crippen LogP contribution in [0.1, 0.15) is 29.2 Å². The molecule has 2 aromatic rings. The number of aromatic nitrogens is 3. The van der Waals surface area contributed by atoms with Gasteiger partial charge in [-0.1, -0.05) is 0 Å². The summed E-state index contributed by atoms with van der Waals surface area (Å²) in [5.74, 6) is 0.756. The molecule has 0 spiro atoms. The summed E-state index contributed by atoms with van der Waals surface area (Å²) in [5.41, 5.74) is 1.27. The van der Waals surface area contributed by atoms with E-state index in [0.29, 0.717) is 6.54 Å². The van der Waals surface area contributed by atoms with E-state index in [0.717, 1.165) is 18.8 Å². The van der Waals surface area contributed by atoms with Crippen LogP contribution < -0.4 is 5.32 Å². The Balaban J connectivity index is 1.64. The van der Waals surface area contributed by atoms with Gasteiger partial charge in [-0.15, -0.1) is 21.5 Å². The number of nitrogens with one attached hydrogen (secondary N) is 1. The number of carbonyl (C=O) groups excluding carboxylic acids is 1. The minimum atomic E-state index is -0.154. The molecule has 0 aliphatic carbocycles. The molecule has 3 rings (SSSR count). The third kappa shape index (κ3) is 2.40. The summed E-state index contributed by atoms with van der Waals surface area (Å²) in [6.07, 6.45) is 2.58. The second kappa shape index (κ2) is 5.24. The molecule has 1 N–H and O–H groups in total. The molecule has 0 aromatic carbocycles. The average molecular weight is 291 g/mol. The lowest BCUT2D eigenvalue weighted by Crippen LogP contribution is -2.43. The number of carbonyl (C=O) groups is 1. The highest BCUT2D eigenvalue weighted by Gasteiger charge is 2.23. The van der Waals surface area contributed by atoms with Crippen molar-refractivity contribution in [3.63, 3.8) is 0 Å². The zero-order valence-electron chi connectivity index (χ0n) is 11.5. The molecule has 20 heavy (non-hydrogen) atoms. The topological polar surface area (TPSA) is 63.1 Å². The van der Waals surface area contributed by atoms with E-state index in [-0.39, 0.29) is 12.1 Å². The lowest BCUT2D eigenvalue weighted by molar-refractivity contribution is 0.189. The smallest absolute Gasteiger partial charge is 0.318 e. The minimum Gasteiger partial charge on any atom is -0.328 e. The maximum absolute atomic E-state index is 12.3. The van der Waals surface area contributed by atoms with Gasteiger partial charge in [-0.25, -0.2) is 4.79 Å². The molecule has 0 unspecified atom stereocenters. The first-order chi connectivity index (χ1) is 9.65. The Morgan fingerprint density at radius 3 is 3.15 bits per heavy atom. The highest BCUT2D eigenvalue weighted by atomic mass is 32.1. The highest BCUT2D eigenvalue weighted by Crippen LogP contribution is 2.24. The number of hydrogen-bond acceptors (Lipinski definition) is 4. The van der Waals surface area contributed by atoms with Gasteiger partial charge in [-0.05, 0) is 30.4 Å². The second-order valence-corrected chi connectivity index (χ2v) is 6.01. The molecule has 7 heteroatoms. The Bertz CT molecular complexity index is 620. The number of urea groups is 1. The normalized spacial score (nSPS) is 15.8. The van der Waals surface area contributed by atoms with Gasteiger partial charge >= 0.3 is 6.03 Å². The number of aryl methyl sites for hydroxylation is 1. The van der Waals surface area contributed by atoms with Crippen LogP contribution in [0.4, 0.5) is 4.79 Å². The van der Waals surface area contributed by atoms with Gasteiger partial charge in [-0.2, -0.15) is 0 Å². The molecule has 0 saturated heterocycles. The maximum Gasteiger partial charge on any atom is 0.318 e. The van der Waals surface area contributed by atoms with E-state index in [1.54, 1.807) is 17.7 Å². The molecular weight excluding hydrogens is 274 g/mol. The van der Waals surface area contributed by atoms with Crippen LogP contribution in [0.25, 0.3) is 0 Å². The van der Waals surface area contributed by atoms with Crippen LogP contribution >= 0.6 is 11.3 Å². The van der Waals surface area contributed by atoms with Crippen LogP contribution in [0.5, 0.6) is 0 Å². The van der Waals surface area contributed by atoms with Gasteiger partial charge in [0.2, 0.25) is 0 Å². The SMILES string of the molecule is C[C@H](NC(=O)N1CCc2sccc2C1)c1nncn1C. The third-order valence-electron chi connectivity index (χ3n) is 3.57. The van der Waals surface area contributed by atoms with Crippen LogP contribution in [-0.2, 0) is 20.0 Å². The first-order valence-electron chi connectivity index (χ1n) is 6.59. The number of nitrogens with zero attached hydrogens (tertiary/aromatic N) is 4. The number of rotatable bonds is 2. The predicted molar refractivity (Wildman–Crippen MR) is 76.4 cm³/mol. The van der Waals surface area contributed by atoms with Crippen molar-refractivity contribution in [3.8, 4) is 0 Å². The zero-order chi connectivity index (χ0) is 14.1. The zero-order valence-corrected chi connectivity index (χ0v) is 12.4. The molecule has 106 valence electrons. The molecular formula is C13H17N5OS. The van der Waals surface area contributed by atoms with Crippen LogP contribution in [0.3, 0.4) is 0 Å². The largest absolute Gasteiger partial charge is 0.328 e. The fourth-order valence-corrected chi connectivity index (χ4v) is 3.34. The molecule has 0 bridgehead atoms. The fourth-order valence-electron chi connectivity index (χ4n) is 2.45. The van der Waals surface area contributed by atoms with E-state index in [1.807, 2.05) is 23.4 Å². The lowest BCUT2D eigenvalue weighted by atomic mass is 10.1. The molecule has 6 nitrogen and oxygen atoms in total. The molecule has 1 aliphatic rings. The monoisotopic (exact) mass is 291 g/mol. The minimum absolute atomic E-state index is 0.0441. The van der Waals surface area contributed by atoms with Crippen molar-refractivity contribution in [2.45, 2.75) is 25.9 Å². The molecule has 2 amide bonds. The first kappa shape index (κ1) is 13.1. The first-order valence-corrected chi connectivity index (χ1v) is 7.47. The summed E-state index contributed by atoms with van der Waals surface area (Å²) in [6, 6.07) is 1.90. The van der Waals surface area contributed by atoms with Gasteiger partial charge in [0, 0.05) is 25.0 Å². The van der Waals surface area contributed by atoms with Gasteiger partial charge < -0.3 is 14.8 Å². The lowest BCUT2D eigenvalue weighted by Gasteiger charge is -2.28. The number of hydrogen-bond donors (Lipinski definition) is 1. The van der Waals surface area contributed by atoms with Crippen LogP contribution in [-0.4, -0.2) is 32.2 Å². The molecule has 3 heterocycles. The van der Waals surface area contributed by atoms with Crippen LogP contribution in [0.2, 0.25) is 0 Å². The van der Waals surface area contributed by atoms with E-state index in [2.05, 4.69) is 27.0 Å². The average Bonchev–Trinajstić information content (AvgIpc) is 3.05. The molecule has 0 radical (unpaired) electrons. The highest BCUT2D eigenvalue weighted by molar-refractivity contribution is 7.10. The van der Waals surface area contributed by atoms with Crippen molar-refractivity contribution in [2.75, 3.05) is 6.54 Å². The maximum atomic E-state index is 12.3. The summed E-state index contributed by atoms with van der Waals surface area (Å²) in [6.45, 7) is 3.38. The van der Waals surface area contributed by atoms with Crippen molar-refractivity contribution in [3.05, 3.63) is 34.0 Å². The van der Waals surface area contributed by atoms with Crippen molar-refractivity contribution in [1.82, 2.24) is 25.0 Å². The Morgan fingerprint density at radius 2 is 2.40 bits per heavy atom. The predicted octanol–water partition coefficient (Wildman–Crippen LogP) is 1.71. The van der Waals surface area contributed by atoms with Crippen molar-refractivity contribution < 1.29 is 4.79 Å². The van der Waals surface area contributed by atoms with Gasteiger partial charge in [-0.3, -0.25) is 0 Å². The standard InChI is InChI=1S/C13H17N5OS/c1-9(12-16-14-8-17(12)2)15-13(19)18-5-3-11-10(7-18)4-6-20-11/h4,6,8-9H,3,5,7H2,1-2H3,(H,15,19)/t9-/m0/s1. The van der Waals surface area contributed by atoms with Gasteiger partial charge in [0.25, 0.3) is 0 Å². The van der Waals surface area contributed by atoms with Gasteiger partial charge in [0.1, 0.15) is 6.33 Å². The molecule has 0 fully saturated rings. The quantitative estimate of drug-likeness (QED) is 0.916. The Kier molecular flexibility index (Phi) is 3.43. The van der Waals surface area contributed by atoms with Crippen LogP contribution in [0, 0.1) is 0 Å². The fraction of sp³-hybridized carbons (Fsp3) is 0.462. The van der Waals surface area contributed by atoms with E-state index in [1.165, 1.54) is 10.4 Å². The van der Waals surface area contributed by atoms with E-state index in [9.17, 15) is 4.79 Å². The van der Waals surface area contributed by atoms with Crippen molar-refractivity contribution in [1.29, 1.82) is 0 Å². The molecule has 1 atom stereocenters. The Hall–Kier alpha value is -1.89. The summed E-state index contributed by atoms with van der Waals surface area (Å²) in [7, 11) is 1.87. The third-order valence-corrected chi connectivity index (χ3v) is 4.59. The van der Waals surface area contributed by atoms with Crippen LogP contribution in [0.15, 0.2) is 17.8 Å².